The van der Waals surface area contributed by atoms with E-state index < -0.39 is 17.7 Å². The molecule has 3 nitrogen and oxygen atoms in total. The van der Waals surface area contributed by atoms with Crippen LogP contribution in [0.1, 0.15) is 35.8 Å². The number of carboxylic acids is 1. The molecule has 19 heavy (non-hydrogen) atoms. The van der Waals surface area contributed by atoms with Gasteiger partial charge in [-0.1, -0.05) is 0 Å². The predicted molar refractivity (Wildman–Crippen MR) is 64.3 cm³/mol. The van der Waals surface area contributed by atoms with E-state index in [9.17, 15) is 18.0 Å². The summed E-state index contributed by atoms with van der Waals surface area (Å²) in [6.45, 7) is 3.67. The van der Waals surface area contributed by atoms with Gasteiger partial charge in [-0.3, -0.25) is 0 Å². The molecule has 1 N–H and O–H groups in total. The maximum absolute atomic E-state index is 12.7. The molecule has 2 aromatic rings. The maximum atomic E-state index is 12.7. The minimum atomic E-state index is -4.48. The topological polar surface area (TPSA) is 42.2 Å². The van der Waals surface area contributed by atoms with Crippen molar-refractivity contribution in [2.45, 2.75) is 26.1 Å². The first-order chi connectivity index (χ1) is 8.71. The zero-order valence-corrected chi connectivity index (χ0v) is 10.3. The minimum Gasteiger partial charge on any atom is -0.478 e. The normalized spacial score (nSPS) is 12.3. The Morgan fingerprint density at radius 1 is 1.32 bits per heavy atom. The van der Waals surface area contributed by atoms with Gasteiger partial charge in [-0.05, 0) is 32.0 Å². The van der Waals surface area contributed by atoms with E-state index in [-0.39, 0.29) is 17.0 Å². The zero-order chi connectivity index (χ0) is 14.4. The average molecular weight is 271 g/mol. The van der Waals surface area contributed by atoms with Gasteiger partial charge in [0.15, 0.2) is 0 Å². The molecule has 0 amide bonds. The van der Waals surface area contributed by atoms with Gasteiger partial charge >= 0.3 is 12.1 Å². The summed E-state index contributed by atoms with van der Waals surface area (Å²) in [5, 5.41) is 9.18. The van der Waals surface area contributed by atoms with Crippen molar-refractivity contribution in [2.24, 2.45) is 0 Å². The molecule has 0 aliphatic carbocycles. The molecule has 1 aromatic carbocycles. The van der Waals surface area contributed by atoms with Crippen LogP contribution in [0.2, 0.25) is 0 Å². The van der Waals surface area contributed by atoms with Crippen molar-refractivity contribution in [1.82, 2.24) is 4.57 Å². The summed E-state index contributed by atoms with van der Waals surface area (Å²) in [6.07, 6.45) is -3.11. The molecule has 0 radical (unpaired) electrons. The number of hydrogen-bond acceptors (Lipinski definition) is 1. The lowest BCUT2D eigenvalue weighted by Gasteiger charge is -2.10. The van der Waals surface area contributed by atoms with Crippen molar-refractivity contribution in [1.29, 1.82) is 0 Å². The van der Waals surface area contributed by atoms with E-state index >= 15 is 0 Å². The lowest BCUT2D eigenvalue weighted by Crippen LogP contribution is -2.05. The molecule has 0 bridgehead atoms. The third-order valence-corrected chi connectivity index (χ3v) is 2.95. The van der Waals surface area contributed by atoms with Crippen molar-refractivity contribution in [3.05, 3.63) is 35.5 Å². The number of rotatable bonds is 2. The van der Waals surface area contributed by atoms with Crippen LogP contribution >= 0.6 is 0 Å². The van der Waals surface area contributed by atoms with Gasteiger partial charge in [0.25, 0.3) is 0 Å². The number of fused-ring (bicyclic) bond motifs is 1. The monoisotopic (exact) mass is 271 g/mol. The van der Waals surface area contributed by atoms with Crippen LogP contribution in [0.15, 0.2) is 24.4 Å². The van der Waals surface area contributed by atoms with Gasteiger partial charge in [0.2, 0.25) is 0 Å². The fraction of sp³-hybridized carbons (Fsp3) is 0.308. The summed E-state index contributed by atoms with van der Waals surface area (Å²) in [7, 11) is 0. The van der Waals surface area contributed by atoms with Gasteiger partial charge < -0.3 is 9.67 Å². The van der Waals surface area contributed by atoms with E-state index in [1.807, 2.05) is 13.8 Å². The van der Waals surface area contributed by atoms with Crippen LogP contribution in [0.25, 0.3) is 10.9 Å². The molecule has 102 valence electrons. The van der Waals surface area contributed by atoms with Gasteiger partial charge in [-0.15, -0.1) is 0 Å². The van der Waals surface area contributed by atoms with Crippen molar-refractivity contribution in [2.75, 3.05) is 0 Å². The van der Waals surface area contributed by atoms with Crippen molar-refractivity contribution < 1.29 is 23.1 Å². The second-order valence-electron chi connectivity index (χ2n) is 4.58. The van der Waals surface area contributed by atoms with Crippen LogP contribution < -0.4 is 0 Å². The van der Waals surface area contributed by atoms with Crippen LogP contribution in [0.5, 0.6) is 0 Å². The van der Waals surface area contributed by atoms with Crippen molar-refractivity contribution in [3.63, 3.8) is 0 Å². The van der Waals surface area contributed by atoms with E-state index in [2.05, 4.69) is 0 Å². The lowest BCUT2D eigenvalue weighted by atomic mass is 10.1. The average Bonchev–Trinajstić information content (AvgIpc) is 2.66. The highest BCUT2D eigenvalue weighted by Gasteiger charge is 2.31. The van der Waals surface area contributed by atoms with E-state index in [0.717, 1.165) is 12.1 Å². The smallest absolute Gasteiger partial charge is 0.416 e. The number of carboxylic acid groups (broad SMARTS) is 1. The molecule has 0 spiro atoms. The summed E-state index contributed by atoms with van der Waals surface area (Å²) in [4.78, 5) is 11.1. The number of aromatic nitrogens is 1. The summed E-state index contributed by atoms with van der Waals surface area (Å²) >= 11 is 0. The standard InChI is InChI=1S/C13H12F3NO2/c1-7(2)17-6-10(12(18)19)9-5-8(13(14,15)16)3-4-11(9)17/h3-7H,1-2H3,(H,18,19). The Kier molecular flexibility index (Phi) is 3.04. The molecular formula is C13H12F3NO2. The summed E-state index contributed by atoms with van der Waals surface area (Å²) in [5.74, 6) is -1.23. The third kappa shape index (κ3) is 2.30. The first kappa shape index (κ1) is 13.5. The van der Waals surface area contributed by atoms with Gasteiger partial charge in [0, 0.05) is 23.1 Å². The van der Waals surface area contributed by atoms with Crippen LogP contribution in [0.4, 0.5) is 13.2 Å². The Bertz CT molecular complexity index is 641. The van der Waals surface area contributed by atoms with Gasteiger partial charge in [0.05, 0.1) is 11.1 Å². The second-order valence-corrected chi connectivity index (χ2v) is 4.58. The van der Waals surface area contributed by atoms with Gasteiger partial charge in [-0.2, -0.15) is 13.2 Å². The van der Waals surface area contributed by atoms with Crippen LogP contribution in [0, 0.1) is 0 Å². The zero-order valence-electron chi connectivity index (χ0n) is 10.3. The Hall–Kier alpha value is -1.98. The third-order valence-electron chi connectivity index (χ3n) is 2.95. The number of halogens is 3. The minimum absolute atomic E-state index is 0.0349. The molecule has 1 heterocycles. The van der Waals surface area contributed by atoms with Crippen molar-refractivity contribution in [3.8, 4) is 0 Å². The summed E-state index contributed by atoms with van der Waals surface area (Å²) < 4.78 is 39.6. The highest BCUT2D eigenvalue weighted by molar-refractivity contribution is 6.03. The SMILES string of the molecule is CC(C)n1cc(C(=O)O)c2cc(C(F)(F)F)ccc21. The Balaban J connectivity index is 2.77. The first-order valence-electron chi connectivity index (χ1n) is 5.67. The molecule has 0 atom stereocenters. The Morgan fingerprint density at radius 2 is 1.95 bits per heavy atom. The van der Waals surface area contributed by atoms with E-state index in [4.69, 9.17) is 5.11 Å². The fourth-order valence-corrected chi connectivity index (χ4v) is 2.03. The Morgan fingerprint density at radius 3 is 2.42 bits per heavy atom. The predicted octanol–water partition coefficient (Wildman–Crippen LogP) is 3.94. The number of benzene rings is 1. The van der Waals surface area contributed by atoms with E-state index in [1.165, 1.54) is 12.3 Å². The molecule has 2 rings (SSSR count). The number of aromatic carboxylic acids is 1. The van der Waals surface area contributed by atoms with Crippen molar-refractivity contribution >= 4 is 16.9 Å². The highest BCUT2D eigenvalue weighted by atomic mass is 19.4. The number of carbonyl (C=O) groups is 1. The molecule has 0 unspecified atom stereocenters. The molecular weight excluding hydrogens is 259 g/mol. The van der Waals surface area contributed by atoms with Crippen LogP contribution in [0.3, 0.4) is 0 Å². The number of alkyl halides is 3. The van der Waals surface area contributed by atoms with Crippen LogP contribution in [-0.4, -0.2) is 15.6 Å². The largest absolute Gasteiger partial charge is 0.478 e. The number of hydrogen-bond donors (Lipinski definition) is 1. The van der Waals surface area contributed by atoms with E-state index in [0.29, 0.717) is 5.52 Å². The molecule has 0 aliphatic rings. The summed E-state index contributed by atoms with van der Waals surface area (Å²) in [6, 6.07) is 3.13. The number of nitrogens with zero attached hydrogens (tertiary/aromatic N) is 1. The fourth-order valence-electron chi connectivity index (χ4n) is 2.03. The molecule has 0 saturated heterocycles. The molecule has 6 heteroatoms. The summed E-state index contributed by atoms with van der Waals surface area (Å²) in [5.41, 5.74) is -0.473. The Labute approximate surface area is 107 Å². The van der Waals surface area contributed by atoms with Gasteiger partial charge in [0.1, 0.15) is 0 Å². The highest BCUT2D eigenvalue weighted by Crippen LogP contribution is 2.33. The van der Waals surface area contributed by atoms with Gasteiger partial charge in [-0.25, -0.2) is 4.79 Å². The van der Waals surface area contributed by atoms with E-state index in [1.54, 1.807) is 4.57 Å². The molecule has 0 fully saturated rings. The lowest BCUT2D eigenvalue weighted by molar-refractivity contribution is -0.137. The quantitative estimate of drug-likeness (QED) is 0.898. The maximum Gasteiger partial charge on any atom is 0.416 e. The van der Waals surface area contributed by atoms with Crippen LogP contribution in [-0.2, 0) is 6.18 Å². The molecule has 1 aromatic heterocycles. The second kappa shape index (κ2) is 4.29. The molecule has 0 aliphatic heterocycles. The molecule has 0 saturated carbocycles. The first-order valence-corrected chi connectivity index (χ1v) is 5.67.